The van der Waals surface area contributed by atoms with Gasteiger partial charge in [-0.1, -0.05) is 103 Å². The van der Waals surface area contributed by atoms with Gasteiger partial charge in [-0.05, 0) is 106 Å². The number of carbonyl (C=O) groups excluding carboxylic acids is 5. The maximum Gasteiger partial charge on any atom is 0.341 e. The number of hydrogen-bond donors (Lipinski definition) is 4. The molecule has 3 aliphatic rings. The van der Waals surface area contributed by atoms with Gasteiger partial charge < -0.3 is 40.3 Å². The largest absolute Gasteiger partial charge is 0.462 e. The van der Waals surface area contributed by atoms with Crippen molar-refractivity contribution in [1.82, 2.24) is 45.0 Å². The summed E-state index contributed by atoms with van der Waals surface area (Å²) in [4.78, 5) is 90.1. The van der Waals surface area contributed by atoms with Gasteiger partial charge in [-0.25, -0.2) is 66.6 Å². The molecule has 5 aromatic carbocycles. The van der Waals surface area contributed by atoms with E-state index in [9.17, 15) is 41.5 Å². The Hall–Kier alpha value is -9.87. The Morgan fingerprint density at radius 3 is 1.05 bits per heavy atom. The number of ketones is 1. The van der Waals surface area contributed by atoms with E-state index >= 15 is 0 Å². The Bertz CT molecular complexity index is 3740. The second kappa shape index (κ2) is 31.9. The molecule has 4 amide bonds. The highest BCUT2D eigenvalue weighted by Gasteiger charge is 2.41. The summed E-state index contributed by atoms with van der Waals surface area (Å²) in [7, 11) is 0. The number of aromatic nitrogens is 6. The molecule has 4 N–H and O–H groups in total. The number of likely N-dealkylation sites (tertiary alicyclic amines) is 2. The van der Waals surface area contributed by atoms with E-state index in [1.807, 2.05) is 66.7 Å². The Labute approximate surface area is 536 Å². The minimum absolute atomic E-state index is 0.0535. The van der Waals surface area contributed by atoms with Gasteiger partial charge in [0.25, 0.3) is 0 Å². The number of piperidine rings is 3. The topological polar surface area (TPSA) is 244 Å². The molecule has 11 rings (SSSR count). The quantitative estimate of drug-likeness (QED) is 0.0376. The van der Waals surface area contributed by atoms with E-state index in [4.69, 9.17) is 14.6 Å². The van der Waals surface area contributed by atoms with Crippen LogP contribution < -0.4 is 16.0 Å². The summed E-state index contributed by atoms with van der Waals surface area (Å²) in [6, 6.07) is 36.2. The Morgan fingerprint density at radius 2 is 0.753 bits per heavy atom. The molecule has 3 aliphatic heterocycles. The smallest absolute Gasteiger partial charge is 0.341 e. The average Bonchev–Trinajstić information content (AvgIpc) is 0.814. The minimum Gasteiger partial charge on any atom is -0.462 e. The zero-order valence-electron chi connectivity index (χ0n) is 51.7. The maximum absolute atomic E-state index is 14.0. The van der Waals surface area contributed by atoms with Crippen LogP contribution in [0.1, 0.15) is 118 Å². The van der Waals surface area contributed by atoms with Gasteiger partial charge in [0.05, 0.1) is 29.9 Å². The maximum atomic E-state index is 14.0. The molecule has 0 unspecified atom stereocenters. The molecule has 3 fully saturated rings. The van der Waals surface area contributed by atoms with Gasteiger partial charge in [0.2, 0.25) is 0 Å². The van der Waals surface area contributed by atoms with Crippen molar-refractivity contribution in [3.05, 3.63) is 239 Å². The molecule has 484 valence electrons. The molecule has 0 radical (unpaired) electrons. The average molecular weight is 1270 g/mol. The lowest BCUT2D eigenvalue weighted by Crippen LogP contribution is -2.48. The zero-order chi connectivity index (χ0) is 65.8. The molecular weight excluding hydrogens is 1200 g/mol. The predicted octanol–water partition coefficient (Wildman–Crippen LogP) is 11.0. The molecule has 8 aromatic rings. The van der Waals surface area contributed by atoms with Crippen LogP contribution in [0.25, 0.3) is 0 Å². The molecule has 0 spiro atoms. The van der Waals surface area contributed by atoms with Crippen LogP contribution in [0.2, 0.25) is 0 Å². The van der Waals surface area contributed by atoms with Gasteiger partial charge in [-0.2, -0.15) is 0 Å². The highest BCUT2D eigenvalue weighted by molar-refractivity contribution is 5.96. The number of urea groups is 2. The molecule has 23 heteroatoms. The van der Waals surface area contributed by atoms with Gasteiger partial charge >= 0.3 is 24.0 Å². The summed E-state index contributed by atoms with van der Waals surface area (Å²) in [5, 5.41) is 17.2. The predicted molar refractivity (Wildman–Crippen MR) is 339 cm³/mol. The van der Waals surface area contributed by atoms with Crippen LogP contribution in [-0.4, -0.2) is 134 Å². The molecule has 6 heterocycles. The van der Waals surface area contributed by atoms with E-state index in [1.165, 1.54) is 47.4 Å². The van der Waals surface area contributed by atoms with Crippen LogP contribution in [0.15, 0.2) is 165 Å². The molecule has 0 aliphatic carbocycles. The first-order valence-corrected chi connectivity index (χ1v) is 30.9. The third-order valence-electron chi connectivity index (χ3n) is 17.2. The second-order valence-corrected chi connectivity index (χ2v) is 22.9. The Morgan fingerprint density at radius 1 is 0.452 bits per heavy atom. The van der Waals surface area contributed by atoms with E-state index in [1.54, 1.807) is 31.1 Å². The number of ether oxygens (including phenoxy) is 2. The number of carbonyl (C=O) groups is 5. The number of para-hydroxylation sites is 2. The van der Waals surface area contributed by atoms with Crippen molar-refractivity contribution in [3.8, 4) is 0 Å². The van der Waals surface area contributed by atoms with E-state index < -0.39 is 65.1 Å². The number of amides is 4. The molecule has 19 nitrogen and oxygen atoms in total. The molecule has 93 heavy (non-hydrogen) atoms. The minimum atomic E-state index is -0.829. The number of halogens is 4. The lowest BCUT2D eigenvalue weighted by atomic mass is 9.70. The Balaban J connectivity index is 0.000000168. The summed E-state index contributed by atoms with van der Waals surface area (Å²) in [5.74, 6) is -2.70. The van der Waals surface area contributed by atoms with Crippen LogP contribution in [0, 0.1) is 23.3 Å². The summed E-state index contributed by atoms with van der Waals surface area (Å²) >= 11 is 0. The van der Waals surface area contributed by atoms with E-state index in [0.717, 1.165) is 73.6 Å². The SMILES string of the molecule is CCOC(=O)c1cnc(CC2(c3ccccc3)CCN(C(=O)Nc3c(F)cccc3F)CC2)nc1.CCOC(=O)c1cnc(CC2(c3ccccc3)CCNCC2)nc1.O=C(CO)c1cnc(CC2(c3ccccc3)CCN(C(=O)Nc3c(F)cccc3F)CC2)nc1. The summed E-state index contributed by atoms with van der Waals surface area (Å²) in [6.45, 7) is 7.04. The monoisotopic (exact) mass is 1270 g/mol. The number of esters is 2. The fourth-order valence-corrected chi connectivity index (χ4v) is 12.0. The van der Waals surface area contributed by atoms with Crippen molar-refractivity contribution >= 4 is 41.2 Å². The number of aliphatic hydroxyl groups is 1. The van der Waals surface area contributed by atoms with Crippen LogP contribution >= 0.6 is 0 Å². The van der Waals surface area contributed by atoms with Crippen LogP contribution in [0.5, 0.6) is 0 Å². The van der Waals surface area contributed by atoms with Gasteiger partial charge in [0, 0.05) is 98.9 Å². The molecule has 3 aromatic heterocycles. The number of anilines is 2. The fourth-order valence-electron chi connectivity index (χ4n) is 12.0. The van der Waals surface area contributed by atoms with Crippen LogP contribution in [0.3, 0.4) is 0 Å². The van der Waals surface area contributed by atoms with Crippen molar-refractivity contribution in [1.29, 1.82) is 0 Å². The fraction of sp³-hybridized carbons (Fsp3) is 0.329. The molecule has 3 saturated heterocycles. The first-order valence-electron chi connectivity index (χ1n) is 30.9. The molecular formula is C70H73F4N11O8. The van der Waals surface area contributed by atoms with Gasteiger partial charge in [0.1, 0.15) is 58.7 Å². The van der Waals surface area contributed by atoms with Gasteiger partial charge in [0.15, 0.2) is 5.78 Å². The van der Waals surface area contributed by atoms with Crippen molar-refractivity contribution < 1.29 is 56.1 Å². The standard InChI is InChI=1S/C26H26F2N4O3.C25H24F2N4O3.C19H23N3O2/c1-2-35-24(33)18-16-29-22(30-17-18)15-26(19-7-4-3-5-8-19)11-13-32(14-12-26)25(34)31-23-20(27)9-6-10-21(23)28;26-19-7-4-8-20(27)23(19)30-24(34)31-11-9-25(10-12-31,18-5-2-1-3-6-18)13-22-28-14-17(15-29-22)21(33)16-32;1-2-24-18(23)15-13-21-17(22-14-15)12-19(8-10-20-11-9-19)16-6-4-3-5-7-16/h3-10,16-17H,2,11-15H2,1H3,(H,31,34);1-8,14-15,32H,9-13,16H2,(H,30,34);3-7,13-14,20H,2,8-12H2,1H3. The number of nitrogens with one attached hydrogen (secondary N) is 3. The van der Waals surface area contributed by atoms with Gasteiger partial charge in [-0.3, -0.25) is 4.79 Å². The van der Waals surface area contributed by atoms with Crippen molar-refractivity contribution in [2.24, 2.45) is 0 Å². The van der Waals surface area contributed by atoms with Crippen LogP contribution in [0.4, 0.5) is 38.5 Å². The first kappa shape index (κ1) is 67.5. The number of aliphatic hydroxyl groups excluding tert-OH is 1. The lowest BCUT2D eigenvalue weighted by Gasteiger charge is -2.42. The number of benzene rings is 5. The summed E-state index contributed by atoms with van der Waals surface area (Å²) in [6.07, 6.45) is 15.2. The third-order valence-corrected chi connectivity index (χ3v) is 17.2. The number of hydrogen-bond acceptors (Lipinski definition) is 15. The molecule has 0 atom stereocenters. The number of nitrogens with zero attached hydrogens (tertiary/aromatic N) is 8. The van der Waals surface area contributed by atoms with Gasteiger partial charge in [-0.15, -0.1) is 0 Å². The third kappa shape index (κ3) is 17.2. The van der Waals surface area contributed by atoms with E-state index in [0.29, 0.717) is 88.5 Å². The number of Topliss-reactive ketones (excluding diaryl/α,β-unsaturated/α-hetero) is 1. The highest BCUT2D eigenvalue weighted by Crippen LogP contribution is 2.41. The summed E-state index contributed by atoms with van der Waals surface area (Å²) < 4.78 is 65.8. The summed E-state index contributed by atoms with van der Waals surface area (Å²) in [5.41, 5.74) is 2.89. The second-order valence-electron chi connectivity index (χ2n) is 22.9. The Kier molecular flexibility index (Phi) is 23.2. The normalized spacial score (nSPS) is 15.4. The zero-order valence-corrected chi connectivity index (χ0v) is 51.7. The van der Waals surface area contributed by atoms with E-state index in [-0.39, 0.29) is 39.9 Å². The van der Waals surface area contributed by atoms with Crippen LogP contribution in [-0.2, 0) is 45.0 Å². The van der Waals surface area contributed by atoms with Crippen molar-refractivity contribution in [3.63, 3.8) is 0 Å². The lowest BCUT2D eigenvalue weighted by molar-refractivity contribution is 0.0515. The van der Waals surface area contributed by atoms with Crippen molar-refractivity contribution in [2.75, 3.05) is 69.7 Å². The van der Waals surface area contributed by atoms with Crippen molar-refractivity contribution in [2.45, 2.75) is 87.9 Å². The molecule has 0 saturated carbocycles. The molecule has 0 bridgehead atoms. The van der Waals surface area contributed by atoms with E-state index in [2.05, 4.69) is 70.1 Å². The highest BCUT2D eigenvalue weighted by atomic mass is 19.1. The number of rotatable bonds is 17. The first-order chi connectivity index (χ1) is 45.1.